The van der Waals surface area contributed by atoms with Crippen molar-refractivity contribution in [2.75, 3.05) is 11.8 Å². The first-order valence-corrected chi connectivity index (χ1v) is 12.8. The van der Waals surface area contributed by atoms with Gasteiger partial charge in [0.15, 0.2) is 0 Å². The smallest absolute Gasteiger partial charge is 0.263 e. The molecule has 0 radical (unpaired) electrons. The summed E-state index contributed by atoms with van der Waals surface area (Å²) >= 11 is 6.23. The van der Waals surface area contributed by atoms with E-state index in [0.717, 1.165) is 28.0 Å². The molecule has 1 amide bonds. The molecular formula is C26H29ClN2O4S. The van der Waals surface area contributed by atoms with E-state index in [1.54, 1.807) is 13.2 Å². The Morgan fingerprint density at radius 1 is 1.00 bits per heavy atom. The number of anilines is 1. The van der Waals surface area contributed by atoms with Crippen LogP contribution in [0.2, 0.25) is 5.02 Å². The molecule has 0 aliphatic heterocycles. The second kappa shape index (κ2) is 10.5. The number of sulfonamides is 1. The van der Waals surface area contributed by atoms with E-state index in [1.165, 1.54) is 18.2 Å². The molecule has 2 N–H and O–H groups in total. The third-order valence-corrected chi connectivity index (χ3v) is 7.49. The van der Waals surface area contributed by atoms with Crippen molar-refractivity contribution in [3.63, 3.8) is 0 Å². The van der Waals surface area contributed by atoms with Crippen LogP contribution in [0, 0.1) is 20.8 Å². The van der Waals surface area contributed by atoms with Gasteiger partial charge in [-0.1, -0.05) is 48.4 Å². The lowest BCUT2D eigenvalue weighted by Gasteiger charge is -2.19. The molecule has 0 heterocycles. The first kappa shape index (κ1) is 25.6. The number of hydrogen-bond acceptors (Lipinski definition) is 4. The maximum atomic E-state index is 13.1. The summed E-state index contributed by atoms with van der Waals surface area (Å²) in [7, 11) is -2.40. The monoisotopic (exact) mass is 500 g/mol. The topological polar surface area (TPSA) is 84.5 Å². The molecule has 6 nitrogen and oxygen atoms in total. The lowest BCUT2D eigenvalue weighted by molar-refractivity contribution is 0.0935. The Balaban J connectivity index is 1.86. The maximum absolute atomic E-state index is 13.1. The van der Waals surface area contributed by atoms with Gasteiger partial charge in [0, 0.05) is 5.56 Å². The number of rotatable bonds is 8. The van der Waals surface area contributed by atoms with Crippen LogP contribution in [0.1, 0.15) is 52.0 Å². The minimum atomic E-state index is -4.01. The number of halogens is 1. The molecule has 0 unspecified atom stereocenters. The molecule has 0 fully saturated rings. The largest absolute Gasteiger partial charge is 0.496 e. The van der Waals surface area contributed by atoms with Crippen molar-refractivity contribution >= 4 is 33.2 Å². The molecule has 3 aromatic rings. The van der Waals surface area contributed by atoms with Gasteiger partial charge in [-0.2, -0.15) is 0 Å². The first-order chi connectivity index (χ1) is 16.1. The number of benzene rings is 3. The third-order valence-electron chi connectivity index (χ3n) is 5.64. The van der Waals surface area contributed by atoms with Crippen molar-refractivity contribution in [3.05, 3.63) is 87.4 Å². The van der Waals surface area contributed by atoms with Crippen molar-refractivity contribution in [1.82, 2.24) is 5.32 Å². The number of hydrogen-bond donors (Lipinski definition) is 2. The summed E-state index contributed by atoms with van der Waals surface area (Å²) in [5.41, 5.74) is 4.37. The Morgan fingerprint density at radius 3 is 2.35 bits per heavy atom. The predicted molar refractivity (Wildman–Crippen MR) is 136 cm³/mol. The molecule has 0 saturated heterocycles. The van der Waals surface area contributed by atoms with Gasteiger partial charge < -0.3 is 10.1 Å². The normalized spacial score (nSPS) is 12.2. The van der Waals surface area contributed by atoms with Crippen LogP contribution in [-0.2, 0) is 10.0 Å². The molecule has 3 aromatic carbocycles. The molecule has 0 aromatic heterocycles. The van der Waals surface area contributed by atoms with Gasteiger partial charge in [0.05, 0.1) is 23.9 Å². The Morgan fingerprint density at radius 2 is 1.74 bits per heavy atom. The van der Waals surface area contributed by atoms with E-state index in [0.29, 0.717) is 12.1 Å². The number of carbonyl (C=O) groups excluding carboxylic acids is 1. The Hall–Kier alpha value is -3.03. The van der Waals surface area contributed by atoms with Crippen LogP contribution in [-0.4, -0.2) is 21.4 Å². The highest BCUT2D eigenvalue weighted by molar-refractivity contribution is 7.92. The highest BCUT2D eigenvalue weighted by Crippen LogP contribution is 2.28. The summed E-state index contributed by atoms with van der Waals surface area (Å²) in [5.74, 6) is 0.383. The fourth-order valence-corrected chi connectivity index (χ4v) is 5.42. The molecule has 1 atom stereocenters. The molecule has 180 valence electrons. The fourth-order valence-electron chi connectivity index (χ4n) is 3.76. The maximum Gasteiger partial charge on any atom is 0.263 e. The molecule has 3 rings (SSSR count). The Kier molecular flexibility index (Phi) is 7.89. The second-order valence-electron chi connectivity index (χ2n) is 8.23. The zero-order chi connectivity index (χ0) is 25.0. The van der Waals surface area contributed by atoms with Gasteiger partial charge in [-0.05, 0) is 74.2 Å². The van der Waals surface area contributed by atoms with Crippen molar-refractivity contribution in [2.24, 2.45) is 0 Å². The van der Waals surface area contributed by atoms with E-state index < -0.39 is 10.0 Å². The number of aryl methyl sites for hydroxylation is 3. The fraction of sp³-hybridized carbons (Fsp3) is 0.269. The van der Waals surface area contributed by atoms with Gasteiger partial charge in [0.2, 0.25) is 0 Å². The highest BCUT2D eigenvalue weighted by Gasteiger charge is 2.22. The van der Waals surface area contributed by atoms with E-state index in [4.69, 9.17) is 16.3 Å². The van der Waals surface area contributed by atoms with Crippen LogP contribution in [0.3, 0.4) is 0 Å². The lowest BCUT2D eigenvalue weighted by Crippen LogP contribution is -2.28. The molecule has 0 bridgehead atoms. The zero-order valence-corrected chi connectivity index (χ0v) is 21.5. The van der Waals surface area contributed by atoms with Crippen molar-refractivity contribution in [1.29, 1.82) is 0 Å². The number of carbonyl (C=O) groups is 1. The molecule has 0 aliphatic rings. The van der Waals surface area contributed by atoms with Crippen LogP contribution in [0.5, 0.6) is 5.75 Å². The zero-order valence-electron chi connectivity index (χ0n) is 19.9. The summed E-state index contributed by atoms with van der Waals surface area (Å²) in [4.78, 5) is 12.9. The van der Waals surface area contributed by atoms with Crippen molar-refractivity contribution in [3.8, 4) is 5.75 Å². The average molecular weight is 501 g/mol. The van der Waals surface area contributed by atoms with E-state index in [-0.39, 0.29) is 27.4 Å². The van der Waals surface area contributed by atoms with E-state index in [1.807, 2.05) is 58.0 Å². The SMILES string of the molecule is CC[C@H](NC(=O)c1ccc(Cl)c(S(=O)(=O)Nc2ccc(C)cc2C)c1)c1ccc(OC)c(C)c1. The quantitative estimate of drug-likeness (QED) is 0.400. The molecule has 34 heavy (non-hydrogen) atoms. The van der Waals surface area contributed by atoms with Gasteiger partial charge >= 0.3 is 0 Å². The summed E-state index contributed by atoms with van der Waals surface area (Å²) in [6.45, 7) is 7.66. The molecule has 0 spiro atoms. The average Bonchev–Trinajstić information content (AvgIpc) is 2.79. The van der Waals surface area contributed by atoms with E-state index in [2.05, 4.69) is 10.0 Å². The van der Waals surface area contributed by atoms with Crippen molar-refractivity contribution in [2.45, 2.75) is 45.1 Å². The summed E-state index contributed by atoms with van der Waals surface area (Å²) < 4.78 is 34.1. The lowest BCUT2D eigenvalue weighted by atomic mass is 10.0. The third kappa shape index (κ3) is 5.72. The number of amides is 1. The standard InChI is InChI=1S/C26H29ClN2O4S/c1-6-22(19-9-12-24(33-5)18(4)14-19)28-26(30)20-8-10-21(27)25(15-20)34(31,32)29-23-11-7-16(2)13-17(23)3/h7-15,22,29H,6H2,1-5H3,(H,28,30)/t22-/m0/s1. The van der Waals surface area contributed by atoms with Crippen molar-refractivity contribution < 1.29 is 17.9 Å². The van der Waals surface area contributed by atoms with Gasteiger partial charge in [-0.25, -0.2) is 8.42 Å². The van der Waals surface area contributed by atoms with Crippen LogP contribution in [0.15, 0.2) is 59.5 Å². The van der Waals surface area contributed by atoms with Crippen LogP contribution >= 0.6 is 11.6 Å². The Bertz CT molecular complexity index is 1320. The van der Waals surface area contributed by atoms with Crippen LogP contribution in [0.25, 0.3) is 0 Å². The number of methoxy groups -OCH3 is 1. The molecule has 8 heteroatoms. The van der Waals surface area contributed by atoms with Gasteiger partial charge in [0.1, 0.15) is 10.6 Å². The van der Waals surface area contributed by atoms with E-state index in [9.17, 15) is 13.2 Å². The summed E-state index contributed by atoms with van der Waals surface area (Å²) in [5, 5.41) is 3.02. The number of ether oxygens (including phenoxy) is 1. The Labute approximate surface area is 206 Å². The van der Waals surface area contributed by atoms with Gasteiger partial charge in [0.25, 0.3) is 15.9 Å². The summed E-state index contributed by atoms with van der Waals surface area (Å²) in [6.07, 6.45) is 0.657. The minimum absolute atomic E-state index is 0.0339. The highest BCUT2D eigenvalue weighted by atomic mass is 35.5. The van der Waals surface area contributed by atoms with E-state index >= 15 is 0 Å². The van der Waals surface area contributed by atoms with Gasteiger partial charge in [-0.3, -0.25) is 9.52 Å². The molecule has 0 saturated carbocycles. The molecular weight excluding hydrogens is 472 g/mol. The van der Waals surface area contributed by atoms with Crippen LogP contribution in [0.4, 0.5) is 5.69 Å². The minimum Gasteiger partial charge on any atom is -0.496 e. The first-order valence-electron chi connectivity index (χ1n) is 10.9. The predicted octanol–water partition coefficient (Wildman–Crippen LogP) is 5.96. The summed E-state index contributed by atoms with van der Waals surface area (Å²) in [6, 6.07) is 15.1. The number of nitrogens with one attached hydrogen (secondary N) is 2. The van der Waals surface area contributed by atoms with Gasteiger partial charge in [-0.15, -0.1) is 0 Å². The second-order valence-corrected chi connectivity index (χ2v) is 10.3. The van der Waals surface area contributed by atoms with Crippen LogP contribution < -0.4 is 14.8 Å². The molecule has 0 aliphatic carbocycles.